The van der Waals surface area contributed by atoms with Gasteiger partial charge in [0, 0.05) is 38.8 Å². The maximum atomic E-state index is 12.9. The van der Waals surface area contributed by atoms with E-state index in [0.717, 1.165) is 0 Å². The van der Waals surface area contributed by atoms with Gasteiger partial charge in [-0.05, 0) is 48.5 Å². The Morgan fingerprint density at radius 2 is 1.29 bits per heavy atom. The molecule has 34 heavy (non-hydrogen) atoms. The maximum Gasteiger partial charge on any atom is 0.264 e. The molecule has 1 aliphatic heterocycles. The van der Waals surface area contributed by atoms with Crippen LogP contribution in [-0.2, 0) is 10.0 Å². The zero-order valence-electron chi connectivity index (χ0n) is 18.7. The Hall–Kier alpha value is -3.85. The minimum atomic E-state index is -3.76. The van der Waals surface area contributed by atoms with Gasteiger partial charge < -0.3 is 14.9 Å². The summed E-state index contributed by atoms with van der Waals surface area (Å²) >= 11 is 0. The number of carbonyl (C=O) groups excluding carboxylic acids is 2. The Kier molecular flexibility index (Phi) is 6.56. The topological polar surface area (TPSA) is 98.2 Å². The Balaban J connectivity index is 1.41. The number of hydrogen-bond acceptors (Lipinski definition) is 5. The molecule has 1 saturated heterocycles. The van der Waals surface area contributed by atoms with Crippen molar-refractivity contribution in [3.63, 3.8) is 0 Å². The van der Waals surface area contributed by atoms with E-state index >= 15 is 0 Å². The Bertz CT molecular complexity index is 1290. The minimum absolute atomic E-state index is 0.0704. The molecule has 1 heterocycles. The van der Waals surface area contributed by atoms with Crippen molar-refractivity contribution >= 4 is 27.5 Å². The van der Waals surface area contributed by atoms with Gasteiger partial charge in [-0.15, -0.1) is 0 Å². The molecule has 4 rings (SSSR count). The third-order valence-corrected chi connectivity index (χ3v) is 7.67. The molecule has 2 amide bonds. The third-order valence-electron chi connectivity index (χ3n) is 5.87. The average molecular weight is 480 g/mol. The zero-order valence-corrected chi connectivity index (χ0v) is 19.5. The molecule has 0 atom stereocenters. The molecule has 0 spiro atoms. The second-order valence-electron chi connectivity index (χ2n) is 7.93. The lowest BCUT2D eigenvalue weighted by molar-refractivity contribution is 0.0533. The van der Waals surface area contributed by atoms with Gasteiger partial charge in [0.1, 0.15) is 5.75 Å². The van der Waals surface area contributed by atoms with Crippen molar-refractivity contribution in [2.24, 2.45) is 0 Å². The van der Waals surface area contributed by atoms with Crippen LogP contribution in [0.4, 0.5) is 5.69 Å². The molecule has 1 N–H and O–H groups in total. The predicted molar refractivity (Wildman–Crippen MR) is 128 cm³/mol. The van der Waals surface area contributed by atoms with E-state index in [9.17, 15) is 23.1 Å². The number of sulfonamides is 1. The molecule has 1 fully saturated rings. The largest absolute Gasteiger partial charge is 0.507 e. The van der Waals surface area contributed by atoms with Crippen LogP contribution in [0.25, 0.3) is 0 Å². The first kappa shape index (κ1) is 23.3. The lowest BCUT2D eigenvalue weighted by Gasteiger charge is -2.35. The highest BCUT2D eigenvalue weighted by Crippen LogP contribution is 2.23. The molecule has 0 unspecified atom stereocenters. The van der Waals surface area contributed by atoms with E-state index in [4.69, 9.17) is 0 Å². The van der Waals surface area contributed by atoms with E-state index in [1.54, 1.807) is 52.3 Å². The Morgan fingerprint density at radius 1 is 0.765 bits per heavy atom. The number of anilines is 1. The number of piperazine rings is 1. The summed E-state index contributed by atoms with van der Waals surface area (Å²) in [5, 5.41) is 9.92. The highest BCUT2D eigenvalue weighted by molar-refractivity contribution is 7.92. The standard InChI is InChI=1S/C25H25N3O5S/c1-26(20-7-3-2-4-8-20)34(32,33)21-13-11-19(12-14-21)24(30)27-15-17-28(18-16-27)25(31)22-9-5-6-10-23(22)29/h2-14,29H,15-18H2,1H3. The van der Waals surface area contributed by atoms with Crippen LogP contribution in [-0.4, -0.2) is 68.4 Å². The summed E-state index contributed by atoms with van der Waals surface area (Å²) in [4.78, 5) is 28.9. The van der Waals surface area contributed by atoms with Gasteiger partial charge in [-0.3, -0.25) is 13.9 Å². The highest BCUT2D eigenvalue weighted by atomic mass is 32.2. The van der Waals surface area contributed by atoms with E-state index in [2.05, 4.69) is 0 Å². The molecule has 0 radical (unpaired) electrons. The van der Waals surface area contributed by atoms with Crippen molar-refractivity contribution in [2.45, 2.75) is 4.90 Å². The number of amides is 2. The number of aromatic hydroxyl groups is 1. The number of phenolic OH excluding ortho intramolecular Hbond substituents is 1. The predicted octanol–water partition coefficient (Wildman–Crippen LogP) is 2.82. The highest BCUT2D eigenvalue weighted by Gasteiger charge is 2.27. The van der Waals surface area contributed by atoms with Crippen LogP contribution < -0.4 is 4.31 Å². The van der Waals surface area contributed by atoms with Gasteiger partial charge in [0.15, 0.2) is 0 Å². The van der Waals surface area contributed by atoms with Gasteiger partial charge in [-0.2, -0.15) is 0 Å². The molecule has 176 valence electrons. The molecule has 1 aliphatic rings. The van der Waals surface area contributed by atoms with E-state index in [1.165, 1.54) is 41.7 Å². The second-order valence-corrected chi connectivity index (χ2v) is 9.90. The number of rotatable bonds is 5. The number of nitrogens with zero attached hydrogens (tertiary/aromatic N) is 3. The molecular formula is C25H25N3O5S. The summed E-state index contributed by atoms with van der Waals surface area (Å²) in [5.41, 5.74) is 1.15. The maximum absolute atomic E-state index is 12.9. The second kappa shape index (κ2) is 9.56. The van der Waals surface area contributed by atoms with E-state index in [0.29, 0.717) is 37.4 Å². The fourth-order valence-electron chi connectivity index (χ4n) is 3.82. The van der Waals surface area contributed by atoms with Gasteiger partial charge in [0.2, 0.25) is 0 Å². The summed E-state index contributed by atoms with van der Waals surface area (Å²) in [7, 11) is -2.28. The van der Waals surface area contributed by atoms with Gasteiger partial charge in [-0.25, -0.2) is 8.42 Å². The normalized spacial score (nSPS) is 14.0. The van der Waals surface area contributed by atoms with Crippen molar-refractivity contribution in [2.75, 3.05) is 37.5 Å². The summed E-state index contributed by atoms with van der Waals surface area (Å²) in [5.74, 6) is -0.573. The first-order chi connectivity index (χ1) is 16.3. The smallest absolute Gasteiger partial charge is 0.264 e. The average Bonchev–Trinajstić information content (AvgIpc) is 2.88. The molecule has 0 saturated carbocycles. The summed E-state index contributed by atoms with van der Waals surface area (Å²) in [6.45, 7) is 1.37. The Morgan fingerprint density at radius 3 is 1.88 bits per heavy atom. The molecule has 0 bridgehead atoms. The number of para-hydroxylation sites is 2. The van der Waals surface area contributed by atoms with Crippen molar-refractivity contribution in [1.29, 1.82) is 0 Å². The lowest BCUT2D eigenvalue weighted by Crippen LogP contribution is -2.50. The molecule has 3 aromatic rings. The molecule has 9 heteroatoms. The van der Waals surface area contributed by atoms with Crippen LogP contribution in [0.15, 0.2) is 83.8 Å². The van der Waals surface area contributed by atoms with Crippen LogP contribution in [0.1, 0.15) is 20.7 Å². The number of carbonyl (C=O) groups is 2. The SMILES string of the molecule is CN(c1ccccc1)S(=O)(=O)c1ccc(C(=O)N2CCN(C(=O)c3ccccc3O)CC2)cc1. The zero-order chi connectivity index (χ0) is 24.3. The number of phenols is 1. The minimum Gasteiger partial charge on any atom is -0.507 e. The summed E-state index contributed by atoms with van der Waals surface area (Å²) in [6, 6.07) is 21.0. The fourth-order valence-corrected chi connectivity index (χ4v) is 5.02. The first-order valence-electron chi connectivity index (χ1n) is 10.8. The van der Waals surface area contributed by atoms with Crippen LogP contribution in [0.3, 0.4) is 0 Å². The quantitative estimate of drug-likeness (QED) is 0.607. The van der Waals surface area contributed by atoms with Crippen LogP contribution in [0.5, 0.6) is 5.75 Å². The summed E-state index contributed by atoms with van der Waals surface area (Å²) in [6.07, 6.45) is 0. The van der Waals surface area contributed by atoms with Crippen molar-refractivity contribution in [1.82, 2.24) is 9.80 Å². The molecule has 0 aromatic heterocycles. The van der Waals surface area contributed by atoms with E-state index in [-0.39, 0.29) is 28.0 Å². The van der Waals surface area contributed by atoms with Crippen molar-refractivity contribution < 1.29 is 23.1 Å². The van der Waals surface area contributed by atoms with Crippen molar-refractivity contribution in [3.8, 4) is 5.75 Å². The van der Waals surface area contributed by atoms with Crippen LogP contribution in [0, 0.1) is 0 Å². The third kappa shape index (κ3) is 4.60. The van der Waals surface area contributed by atoms with E-state index < -0.39 is 10.0 Å². The molecule has 8 nitrogen and oxygen atoms in total. The Labute approximate surface area is 198 Å². The summed E-state index contributed by atoms with van der Waals surface area (Å²) < 4.78 is 27.1. The van der Waals surface area contributed by atoms with Gasteiger partial charge in [0.25, 0.3) is 21.8 Å². The van der Waals surface area contributed by atoms with Crippen LogP contribution >= 0.6 is 0 Å². The number of benzene rings is 3. The van der Waals surface area contributed by atoms with Crippen LogP contribution in [0.2, 0.25) is 0 Å². The van der Waals surface area contributed by atoms with Gasteiger partial charge >= 0.3 is 0 Å². The monoisotopic (exact) mass is 479 g/mol. The van der Waals surface area contributed by atoms with Crippen molar-refractivity contribution in [3.05, 3.63) is 90.0 Å². The van der Waals surface area contributed by atoms with Gasteiger partial charge in [-0.1, -0.05) is 30.3 Å². The first-order valence-corrected chi connectivity index (χ1v) is 12.2. The number of hydrogen-bond donors (Lipinski definition) is 1. The lowest BCUT2D eigenvalue weighted by atomic mass is 10.1. The fraction of sp³-hybridized carbons (Fsp3) is 0.200. The molecule has 3 aromatic carbocycles. The molecule has 0 aliphatic carbocycles. The van der Waals surface area contributed by atoms with E-state index in [1.807, 2.05) is 6.07 Å². The van der Waals surface area contributed by atoms with Gasteiger partial charge in [0.05, 0.1) is 16.1 Å². The molecular weight excluding hydrogens is 454 g/mol.